The lowest BCUT2D eigenvalue weighted by atomic mass is 9.99. The van der Waals surface area contributed by atoms with E-state index in [2.05, 4.69) is 5.32 Å². The van der Waals surface area contributed by atoms with Gasteiger partial charge in [-0.05, 0) is 47.5 Å². The number of amides is 1. The first-order valence-corrected chi connectivity index (χ1v) is 7.52. The maximum atomic E-state index is 11.9. The molecule has 3 N–H and O–H groups in total. The van der Waals surface area contributed by atoms with Crippen molar-refractivity contribution in [2.45, 2.75) is 64.2 Å². The van der Waals surface area contributed by atoms with Gasteiger partial charge in [0.1, 0.15) is 5.60 Å². The number of carbonyl (C=O) groups is 2. The van der Waals surface area contributed by atoms with Crippen LogP contribution < -0.4 is 5.32 Å². The molecule has 1 heterocycles. The maximum absolute atomic E-state index is 11.9. The van der Waals surface area contributed by atoms with Crippen molar-refractivity contribution in [3.8, 4) is 0 Å². The van der Waals surface area contributed by atoms with Crippen LogP contribution in [0, 0.1) is 0 Å². The Morgan fingerprint density at radius 3 is 2.32 bits per heavy atom. The van der Waals surface area contributed by atoms with Crippen LogP contribution in [0.25, 0.3) is 0 Å². The van der Waals surface area contributed by atoms with E-state index in [9.17, 15) is 19.8 Å². The quantitative estimate of drug-likeness (QED) is 0.705. The summed E-state index contributed by atoms with van der Waals surface area (Å²) in [5, 5.41) is 21.8. The first kappa shape index (κ1) is 18.7. The molecule has 1 rings (SSSR count). The number of carboxylic acids is 1. The number of nitrogens with one attached hydrogen (secondary N) is 1. The Balaban J connectivity index is 2.67. The fourth-order valence-electron chi connectivity index (χ4n) is 2.34. The van der Waals surface area contributed by atoms with Gasteiger partial charge in [-0.2, -0.15) is 0 Å². The number of hydrogen-bond donors (Lipinski definition) is 3. The Labute approximate surface area is 131 Å². The summed E-state index contributed by atoms with van der Waals surface area (Å²) in [7, 11) is 0. The molecule has 0 radical (unpaired) electrons. The largest absolute Gasteiger partial charge is 0.479 e. The normalized spacial score (nSPS) is 23.4. The number of rotatable bonds is 5. The molecule has 0 aromatic heterocycles. The number of ether oxygens (including phenoxy) is 1. The molecule has 1 unspecified atom stereocenters. The Morgan fingerprint density at radius 1 is 1.27 bits per heavy atom. The van der Waals surface area contributed by atoms with Crippen LogP contribution in [0.2, 0.25) is 0 Å². The molecule has 1 amide bonds. The van der Waals surface area contributed by atoms with Crippen molar-refractivity contribution in [2.24, 2.45) is 0 Å². The van der Waals surface area contributed by atoms with Gasteiger partial charge in [0.2, 0.25) is 0 Å². The minimum Gasteiger partial charge on any atom is -0.479 e. The highest BCUT2D eigenvalue weighted by Crippen LogP contribution is 2.24. The Kier molecular flexibility index (Phi) is 5.46. The van der Waals surface area contributed by atoms with Crippen molar-refractivity contribution >= 4 is 12.1 Å². The summed E-state index contributed by atoms with van der Waals surface area (Å²) >= 11 is 0. The first-order chi connectivity index (χ1) is 9.83. The number of hydrogen-bond acceptors (Lipinski definition) is 5. The average molecular weight is 316 g/mol. The van der Waals surface area contributed by atoms with Gasteiger partial charge in [-0.25, -0.2) is 9.59 Å². The summed E-state index contributed by atoms with van der Waals surface area (Å²) in [6, 6.07) is 0. The second-order valence-electron chi connectivity index (χ2n) is 7.60. The van der Waals surface area contributed by atoms with Crippen molar-refractivity contribution in [2.75, 3.05) is 19.6 Å². The Hall–Kier alpha value is -1.34. The number of aliphatic hydroxyl groups is 1. The van der Waals surface area contributed by atoms with Gasteiger partial charge in [0, 0.05) is 19.6 Å². The summed E-state index contributed by atoms with van der Waals surface area (Å²) in [6.07, 6.45) is 0.127. The van der Waals surface area contributed by atoms with E-state index in [0.29, 0.717) is 25.9 Å². The third kappa shape index (κ3) is 5.81. The lowest BCUT2D eigenvalue weighted by molar-refractivity contribution is -0.144. The minimum absolute atomic E-state index is 0.206. The highest BCUT2D eigenvalue weighted by Gasteiger charge is 2.47. The van der Waals surface area contributed by atoms with Crippen LogP contribution in [0.3, 0.4) is 0 Å². The molecule has 1 fully saturated rings. The Bertz CT molecular complexity index is 425. The van der Waals surface area contributed by atoms with Crippen molar-refractivity contribution in [1.29, 1.82) is 0 Å². The molecule has 1 aliphatic heterocycles. The molecular weight excluding hydrogens is 288 g/mol. The van der Waals surface area contributed by atoms with Gasteiger partial charge < -0.3 is 25.2 Å². The van der Waals surface area contributed by atoms with Gasteiger partial charge in [0.15, 0.2) is 5.54 Å². The van der Waals surface area contributed by atoms with Crippen molar-refractivity contribution in [3.63, 3.8) is 0 Å². The number of carbonyl (C=O) groups excluding carboxylic acids is 1. The first-order valence-electron chi connectivity index (χ1n) is 7.52. The number of aliphatic carboxylic acids is 1. The molecule has 0 bridgehead atoms. The van der Waals surface area contributed by atoms with Crippen LogP contribution in [0.1, 0.15) is 47.5 Å². The standard InChI is InChI=1S/C15H28N2O5/c1-13(2,3)22-12(20)16-15(11(18)19)7-9-17(10-15)8-6-14(4,5)21/h21H,6-10H2,1-5H3,(H,16,20)(H,18,19). The molecule has 1 saturated heterocycles. The summed E-state index contributed by atoms with van der Waals surface area (Å²) in [5.41, 5.74) is -2.81. The van der Waals surface area contributed by atoms with Crippen molar-refractivity contribution in [3.05, 3.63) is 0 Å². The van der Waals surface area contributed by atoms with Crippen LogP contribution in [0.4, 0.5) is 4.79 Å². The summed E-state index contributed by atoms with van der Waals surface area (Å²) in [5.74, 6) is -1.07. The topological polar surface area (TPSA) is 99.1 Å². The van der Waals surface area contributed by atoms with Gasteiger partial charge in [-0.3, -0.25) is 0 Å². The number of alkyl carbamates (subject to hydrolysis) is 1. The molecule has 1 aliphatic rings. The van der Waals surface area contributed by atoms with Gasteiger partial charge >= 0.3 is 12.1 Å². The average Bonchev–Trinajstić information content (AvgIpc) is 2.67. The third-order valence-electron chi connectivity index (χ3n) is 3.54. The maximum Gasteiger partial charge on any atom is 0.408 e. The predicted molar refractivity (Wildman–Crippen MR) is 81.7 cm³/mol. The SMILES string of the molecule is CC(C)(O)CCN1CCC(NC(=O)OC(C)(C)C)(C(=O)O)C1. The number of nitrogens with zero attached hydrogens (tertiary/aromatic N) is 1. The molecule has 128 valence electrons. The molecule has 0 aromatic rings. The Morgan fingerprint density at radius 2 is 1.86 bits per heavy atom. The molecule has 7 nitrogen and oxygen atoms in total. The molecule has 7 heteroatoms. The zero-order valence-electron chi connectivity index (χ0n) is 14.1. The summed E-state index contributed by atoms with van der Waals surface area (Å²) < 4.78 is 5.15. The van der Waals surface area contributed by atoms with E-state index in [4.69, 9.17) is 4.74 Å². The fraction of sp³-hybridized carbons (Fsp3) is 0.867. The van der Waals surface area contributed by atoms with Gasteiger partial charge in [0.05, 0.1) is 5.60 Å². The van der Waals surface area contributed by atoms with E-state index in [0.717, 1.165) is 0 Å². The zero-order chi connectivity index (χ0) is 17.2. The second-order valence-corrected chi connectivity index (χ2v) is 7.60. The van der Waals surface area contributed by atoms with E-state index in [1.807, 2.05) is 4.90 Å². The smallest absolute Gasteiger partial charge is 0.408 e. The van der Waals surface area contributed by atoms with Crippen molar-refractivity contribution in [1.82, 2.24) is 10.2 Å². The summed E-state index contributed by atoms with van der Waals surface area (Å²) in [6.45, 7) is 9.95. The monoisotopic (exact) mass is 316 g/mol. The van der Waals surface area contributed by atoms with E-state index in [-0.39, 0.29) is 6.54 Å². The number of likely N-dealkylation sites (tertiary alicyclic amines) is 1. The van der Waals surface area contributed by atoms with Crippen LogP contribution >= 0.6 is 0 Å². The van der Waals surface area contributed by atoms with E-state index < -0.39 is 28.8 Å². The van der Waals surface area contributed by atoms with Crippen LogP contribution in [0.5, 0.6) is 0 Å². The van der Waals surface area contributed by atoms with E-state index in [1.165, 1.54) is 0 Å². The molecule has 0 aliphatic carbocycles. The van der Waals surface area contributed by atoms with Crippen LogP contribution in [0.15, 0.2) is 0 Å². The lowest BCUT2D eigenvalue weighted by Crippen LogP contribution is -2.57. The minimum atomic E-state index is -1.33. The highest BCUT2D eigenvalue weighted by atomic mass is 16.6. The lowest BCUT2D eigenvalue weighted by Gasteiger charge is -2.29. The van der Waals surface area contributed by atoms with Gasteiger partial charge in [-0.15, -0.1) is 0 Å². The molecule has 1 atom stereocenters. The van der Waals surface area contributed by atoms with Gasteiger partial charge in [-0.1, -0.05) is 0 Å². The molecule has 0 spiro atoms. The van der Waals surface area contributed by atoms with Crippen LogP contribution in [-0.2, 0) is 9.53 Å². The fourth-order valence-corrected chi connectivity index (χ4v) is 2.34. The molecule has 0 aromatic carbocycles. The van der Waals surface area contributed by atoms with E-state index >= 15 is 0 Å². The highest BCUT2D eigenvalue weighted by molar-refractivity contribution is 5.85. The second kappa shape index (κ2) is 6.42. The summed E-state index contributed by atoms with van der Waals surface area (Å²) in [4.78, 5) is 25.5. The van der Waals surface area contributed by atoms with Crippen molar-refractivity contribution < 1.29 is 24.5 Å². The van der Waals surface area contributed by atoms with E-state index in [1.54, 1.807) is 34.6 Å². The zero-order valence-corrected chi connectivity index (χ0v) is 14.1. The molecule has 22 heavy (non-hydrogen) atoms. The van der Waals surface area contributed by atoms with Crippen LogP contribution in [-0.4, -0.2) is 63.6 Å². The molecular formula is C15H28N2O5. The van der Waals surface area contributed by atoms with Gasteiger partial charge in [0.25, 0.3) is 0 Å². The third-order valence-corrected chi connectivity index (χ3v) is 3.54. The predicted octanol–water partition coefficient (Wildman–Crippen LogP) is 1.20. The molecule has 0 saturated carbocycles. The number of carboxylic acid groups (broad SMARTS) is 1.